The van der Waals surface area contributed by atoms with Gasteiger partial charge in [-0.05, 0) is 31.2 Å². The minimum absolute atomic E-state index is 0.0151. The Balaban J connectivity index is 1.73. The van der Waals surface area contributed by atoms with Crippen LogP contribution in [0.25, 0.3) is 0 Å². The molecule has 0 radical (unpaired) electrons. The smallest absolute Gasteiger partial charge is 0.269 e. The number of carbonyl (C=O) groups excluding carboxylic acids is 1. The van der Waals surface area contributed by atoms with Crippen molar-refractivity contribution in [1.82, 2.24) is 4.90 Å². The second kappa shape index (κ2) is 6.91. The Morgan fingerprint density at radius 3 is 2.52 bits per heavy atom. The van der Waals surface area contributed by atoms with Gasteiger partial charge in [-0.1, -0.05) is 23.9 Å². The Labute approximate surface area is 137 Å². The molecular weight excluding hydrogens is 316 g/mol. The normalized spacial score (nSPS) is 19.7. The maximum Gasteiger partial charge on any atom is 0.269 e. The molecule has 1 saturated heterocycles. The van der Waals surface area contributed by atoms with Crippen molar-refractivity contribution in [2.75, 3.05) is 5.75 Å². The predicted octanol–water partition coefficient (Wildman–Crippen LogP) is 2.96. The molecule has 0 unspecified atom stereocenters. The average molecular weight is 332 g/mol. The van der Waals surface area contributed by atoms with Crippen LogP contribution in [0.5, 0.6) is 0 Å². The Bertz CT molecular complexity index is 676. The fourth-order valence-corrected chi connectivity index (χ4v) is 3.36. The van der Waals surface area contributed by atoms with Gasteiger partial charge in [0.15, 0.2) is 5.17 Å². The van der Waals surface area contributed by atoms with Gasteiger partial charge in [-0.15, -0.1) is 5.10 Å². The van der Waals surface area contributed by atoms with Gasteiger partial charge in [0.1, 0.15) is 0 Å². The van der Waals surface area contributed by atoms with E-state index in [0.717, 1.165) is 37.0 Å². The number of nitrogens with zero attached hydrogens (tertiary/aromatic N) is 4. The monoisotopic (exact) mass is 332 g/mol. The number of hydrogen-bond donors (Lipinski definition) is 0. The molecule has 1 aromatic rings. The summed E-state index contributed by atoms with van der Waals surface area (Å²) in [5.74, 6) is 0.343. The van der Waals surface area contributed by atoms with Crippen LogP contribution < -0.4 is 0 Å². The van der Waals surface area contributed by atoms with Crippen LogP contribution in [0, 0.1) is 10.1 Å². The molecule has 1 heterocycles. The number of amides is 1. The van der Waals surface area contributed by atoms with E-state index in [9.17, 15) is 14.9 Å². The van der Waals surface area contributed by atoms with Crippen LogP contribution in [0.4, 0.5) is 5.69 Å². The van der Waals surface area contributed by atoms with Gasteiger partial charge in [0.05, 0.1) is 17.2 Å². The Morgan fingerprint density at radius 1 is 1.17 bits per heavy atom. The van der Waals surface area contributed by atoms with Crippen LogP contribution in [0.3, 0.4) is 0 Å². The van der Waals surface area contributed by atoms with Crippen molar-refractivity contribution in [3.63, 3.8) is 0 Å². The van der Waals surface area contributed by atoms with Crippen LogP contribution >= 0.6 is 11.8 Å². The summed E-state index contributed by atoms with van der Waals surface area (Å²) in [6.45, 7) is 0.355. The Hall–Kier alpha value is -2.22. The molecule has 8 heteroatoms. The van der Waals surface area contributed by atoms with Crippen molar-refractivity contribution in [2.24, 2.45) is 10.2 Å². The van der Waals surface area contributed by atoms with Gasteiger partial charge in [0, 0.05) is 17.8 Å². The van der Waals surface area contributed by atoms with Crippen LogP contribution in [0.15, 0.2) is 34.5 Å². The third-order valence-electron chi connectivity index (χ3n) is 3.80. The van der Waals surface area contributed by atoms with Gasteiger partial charge >= 0.3 is 0 Å². The molecule has 2 fully saturated rings. The van der Waals surface area contributed by atoms with Gasteiger partial charge in [-0.2, -0.15) is 5.10 Å². The largest absolute Gasteiger partial charge is 0.285 e. The quantitative estimate of drug-likeness (QED) is 0.626. The summed E-state index contributed by atoms with van der Waals surface area (Å²) in [5, 5.41) is 19.8. The lowest BCUT2D eigenvalue weighted by Gasteiger charge is -2.15. The zero-order valence-electron chi connectivity index (χ0n) is 12.5. The molecule has 1 aliphatic carbocycles. The standard InChI is InChI=1S/C15H16N4O3S/c20-14-10-23-15(17-16-12-3-1-2-4-12)18(14)9-11-5-7-13(8-6-11)19(21)22/h5-8H,1-4,9-10H2/b17-15-. The third kappa shape index (κ3) is 3.76. The maximum absolute atomic E-state index is 12.0. The van der Waals surface area contributed by atoms with E-state index >= 15 is 0 Å². The van der Waals surface area contributed by atoms with E-state index in [4.69, 9.17) is 0 Å². The van der Waals surface area contributed by atoms with Crippen molar-refractivity contribution in [1.29, 1.82) is 0 Å². The summed E-state index contributed by atoms with van der Waals surface area (Å²) >= 11 is 1.38. The first-order chi connectivity index (χ1) is 11.1. The molecule has 0 atom stereocenters. The molecule has 0 spiro atoms. The first kappa shape index (κ1) is 15.7. The van der Waals surface area contributed by atoms with E-state index in [1.165, 1.54) is 23.9 Å². The highest BCUT2D eigenvalue weighted by Crippen LogP contribution is 2.23. The number of hydrogen-bond acceptors (Lipinski definition) is 6. The first-order valence-corrected chi connectivity index (χ1v) is 8.42. The summed E-state index contributed by atoms with van der Waals surface area (Å²) in [7, 11) is 0. The van der Waals surface area contributed by atoms with E-state index in [-0.39, 0.29) is 11.6 Å². The number of nitro benzene ring substituents is 1. The van der Waals surface area contributed by atoms with E-state index < -0.39 is 4.92 Å². The van der Waals surface area contributed by atoms with Crippen LogP contribution in [-0.2, 0) is 11.3 Å². The van der Waals surface area contributed by atoms with Gasteiger partial charge < -0.3 is 0 Å². The molecule has 0 bridgehead atoms. The summed E-state index contributed by atoms with van der Waals surface area (Å²) in [6.07, 6.45) is 4.28. The lowest BCUT2D eigenvalue weighted by atomic mass is 10.2. The zero-order chi connectivity index (χ0) is 16.2. The molecule has 0 aromatic heterocycles. The number of amidine groups is 1. The second-order valence-corrected chi connectivity index (χ2v) is 6.39. The lowest BCUT2D eigenvalue weighted by Crippen LogP contribution is -2.28. The minimum atomic E-state index is -0.439. The molecule has 23 heavy (non-hydrogen) atoms. The third-order valence-corrected chi connectivity index (χ3v) is 4.75. The molecule has 2 aliphatic rings. The van der Waals surface area contributed by atoms with E-state index in [1.54, 1.807) is 17.0 Å². The predicted molar refractivity (Wildman–Crippen MR) is 89.4 cm³/mol. The van der Waals surface area contributed by atoms with Crippen molar-refractivity contribution in [3.05, 3.63) is 39.9 Å². The van der Waals surface area contributed by atoms with E-state index in [1.807, 2.05) is 0 Å². The number of thioether (sulfide) groups is 1. The molecule has 7 nitrogen and oxygen atoms in total. The Morgan fingerprint density at radius 2 is 1.87 bits per heavy atom. The molecule has 1 aliphatic heterocycles. The SMILES string of the molecule is O=C1CS/C(=N\N=C2CCCC2)N1Cc1ccc([N+](=O)[O-])cc1. The van der Waals surface area contributed by atoms with Crippen molar-refractivity contribution in [3.8, 4) is 0 Å². The first-order valence-electron chi connectivity index (χ1n) is 7.43. The van der Waals surface area contributed by atoms with Crippen molar-refractivity contribution in [2.45, 2.75) is 32.2 Å². The van der Waals surface area contributed by atoms with Crippen LogP contribution in [-0.4, -0.2) is 32.4 Å². The highest BCUT2D eigenvalue weighted by molar-refractivity contribution is 8.15. The summed E-state index contributed by atoms with van der Waals surface area (Å²) in [5.41, 5.74) is 1.96. The number of rotatable bonds is 4. The maximum atomic E-state index is 12.0. The van der Waals surface area contributed by atoms with E-state index in [2.05, 4.69) is 10.2 Å². The highest BCUT2D eigenvalue weighted by Gasteiger charge is 2.28. The van der Waals surface area contributed by atoms with E-state index in [0.29, 0.717) is 17.5 Å². The number of nitro groups is 1. The highest BCUT2D eigenvalue weighted by atomic mass is 32.2. The topological polar surface area (TPSA) is 88.2 Å². The molecule has 1 aromatic carbocycles. The fourth-order valence-electron chi connectivity index (χ4n) is 2.53. The summed E-state index contributed by atoms with van der Waals surface area (Å²) < 4.78 is 0. The van der Waals surface area contributed by atoms with Crippen molar-refractivity contribution >= 4 is 34.2 Å². The molecule has 1 amide bonds. The molecule has 3 rings (SSSR count). The van der Waals surface area contributed by atoms with Gasteiger partial charge in [0.25, 0.3) is 5.69 Å². The number of benzene rings is 1. The molecule has 120 valence electrons. The molecule has 1 saturated carbocycles. The summed E-state index contributed by atoms with van der Waals surface area (Å²) in [4.78, 5) is 23.9. The number of non-ortho nitro benzene ring substituents is 1. The average Bonchev–Trinajstić information content (AvgIpc) is 3.17. The second-order valence-electron chi connectivity index (χ2n) is 5.45. The Kier molecular flexibility index (Phi) is 4.71. The fraction of sp³-hybridized carbons (Fsp3) is 0.400. The zero-order valence-corrected chi connectivity index (χ0v) is 13.3. The van der Waals surface area contributed by atoms with Gasteiger partial charge in [0.2, 0.25) is 5.91 Å². The summed E-state index contributed by atoms with van der Waals surface area (Å²) in [6, 6.07) is 6.21. The molecular formula is C15H16N4O3S. The van der Waals surface area contributed by atoms with Crippen LogP contribution in [0.2, 0.25) is 0 Å². The number of carbonyl (C=O) groups is 1. The van der Waals surface area contributed by atoms with Crippen molar-refractivity contribution < 1.29 is 9.72 Å². The lowest BCUT2D eigenvalue weighted by molar-refractivity contribution is -0.384. The van der Waals surface area contributed by atoms with Gasteiger partial charge in [-0.3, -0.25) is 19.8 Å². The van der Waals surface area contributed by atoms with Crippen LogP contribution in [0.1, 0.15) is 31.2 Å². The molecule has 0 N–H and O–H groups in total. The minimum Gasteiger partial charge on any atom is -0.285 e. The van der Waals surface area contributed by atoms with Gasteiger partial charge in [-0.25, -0.2) is 0 Å².